The van der Waals surface area contributed by atoms with E-state index in [0.717, 1.165) is 11.6 Å². The molecule has 10 heteroatoms. The molecule has 154 valence electrons. The van der Waals surface area contributed by atoms with E-state index in [-0.39, 0.29) is 29.2 Å². The molecule has 0 radical (unpaired) electrons. The number of hydrogen-bond donors (Lipinski definition) is 1. The van der Waals surface area contributed by atoms with Crippen LogP contribution in [0.25, 0.3) is 11.0 Å². The molecular weight excluding hydrogens is 409 g/mol. The number of amides is 1. The minimum absolute atomic E-state index is 0.0288. The summed E-state index contributed by atoms with van der Waals surface area (Å²) in [5.41, 5.74) is 0.153. The molecule has 0 aliphatic carbocycles. The van der Waals surface area contributed by atoms with Gasteiger partial charge in [0.1, 0.15) is 0 Å². The Balaban J connectivity index is 1.79. The van der Waals surface area contributed by atoms with Gasteiger partial charge in [0.2, 0.25) is 5.88 Å². The molecule has 0 aliphatic rings. The van der Waals surface area contributed by atoms with E-state index < -0.39 is 23.8 Å². The van der Waals surface area contributed by atoms with Crippen LogP contribution in [-0.4, -0.2) is 26.8 Å². The van der Waals surface area contributed by atoms with E-state index >= 15 is 0 Å². The predicted molar refractivity (Wildman–Crippen MR) is 102 cm³/mol. The molecule has 1 N–H and O–H groups in total. The molecule has 1 aromatic carbocycles. The highest BCUT2D eigenvalue weighted by Gasteiger charge is 2.36. The Labute approximate surface area is 169 Å². The summed E-state index contributed by atoms with van der Waals surface area (Å²) in [6.45, 7) is 3.14. The zero-order valence-electron chi connectivity index (χ0n) is 15.8. The minimum Gasteiger partial charge on any atom is -0.464 e. The summed E-state index contributed by atoms with van der Waals surface area (Å²) >= 11 is 5.81. The SMILES string of the molecule is Cc1nn(C)c2nc(OC(C)C(=O)NCc3ccc(Cl)cc3)cc(C(F)(F)F)c12. The van der Waals surface area contributed by atoms with Crippen LogP contribution >= 0.6 is 11.6 Å². The molecule has 3 aromatic rings. The summed E-state index contributed by atoms with van der Waals surface area (Å²) in [5.74, 6) is -0.793. The van der Waals surface area contributed by atoms with Gasteiger partial charge in [-0.1, -0.05) is 23.7 Å². The fourth-order valence-electron chi connectivity index (χ4n) is 2.88. The normalized spacial score (nSPS) is 12.8. The molecule has 0 fully saturated rings. The second-order valence-electron chi connectivity index (χ2n) is 6.52. The van der Waals surface area contributed by atoms with Gasteiger partial charge in [-0.15, -0.1) is 0 Å². The van der Waals surface area contributed by atoms with E-state index in [1.165, 1.54) is 25.6 Å². The maximum absolute atomic E-state index is 13.5. The number of alkyl halides is 3. The number of ether oxygens (including phenoxy) is 1. The number of pyridine rings is 1. The van der Waals surface area contributed by atoms with E-state index in [1.54, 1.807) is 24.3 Å². The van der Waals surface area contributed by atoms with E-state index in [1.807, 2.05) is 0 Å². The topological polar surface area (TPSA) is 69.0 Å². The van der Waals surface area contributed by atoms with Crippen LogP contribution in [0, 0.1) is 6.92 Å². The van der Waals surface area contributed by atoms with Gasteiger partial charge in [-0.2, -0.15) is 23.3 Å². The zero-order valence-corrected chi connectivity index (χ0v) is 16.6. The number of hydrogen-bond acceptors (Lipinski definition) is 4. The molecular formula is C19H18ClF3N4O2. The van der Waals surface area contributed by atoms with Crippen molar-refractivity contribution in [3.63, 3.8) is 0 Å². The highest BCUT2D eigenvalue weighted by molar-refractivity contribution is 6.30. The van der Waals surface area contributed by atoms with Gasteiger partial charge in [-0.3, -0.25) is 9.48 Å². The lowest BCUT2D eigenvalue weighted by Crippen LogP contribution is -2.36. The van der Waals surface area contributed by atoms with E-state index in [0.29, 0.717) is 5.02 Å². The first kappa shape index (κ1) is 20.9. The smallest absolute Gasteiger partial charge is 0.417 e. The highest BCUT2D eigenvalue weighted by Crippen LogP contribution is 2.37. The third-order valence-electron chi connectivity index (χ3n) is 4.30. The van der Waals surface area contributed by atoms with Gasteiger partial charge in [0.15, 0.2) is 11.8 Å². The number of carbonyl (C=O) groups excluding carboxylic acids is 1. The summed E-state index contributed by atoms with van der Waals surface area (Å²) < 4.78 is 47.2. The Hall–Kier alpha value is -2.81. The van der Waals surface area contributed by atoms with Crippen molar-refractivity contribution in [3.8, 4) is 5.88 Å². The van der Waals surface area contributed by atoms with Gasteiger partial charge in [-0.05, 0) is 31.5 Å². The van der Waals surface area contributed by atoms with Crippen LogP contribution in [0.15, 0.2) is 30.3 Å². The fourth-order valence-corrected chi connectivity index (χ4v) is 3.00. The summed E-state index contributed by atoms with van der Waals surface area (Å²) in [6.07, 6.45) is -5.67. The van der Waals surface area contributed by atoms with E-state index in [2.05, 4.69) is 15.4 Å². The Bertz CT molecular complexity index is 1050. The van der Waals surface area contributed by atoms with Crippen molar-refractivity contribution in [3.05, 3.63) is 52.2 Å². The van der Waals surface area contributed by atoms with Crippen LogP contribution < -0.4 is 10.1 Å². The van der Waals surface area contributed by atoms with Crippen molar-refractivity contribution < 1.29 is 22.7 Å². The molecule has 2 aromatic heterocycles. The molecule has 1 amide bonds. The number of benzene rings is 1. The first-order valence-electron chi connectivity index (χ1n) is 8.66. The van der Waals surface area contributed by atoms with Crippen LogP contribution in [0.2, 0.25) is 5.02 Å². The van der Waals surface area contributed by atoms with Gasteiger partial charge in [-0.25, -0.2) is 0 Å². The predicted octanol–water partition coefficient (Wildman–Crippen LogP) is 4.03. The molecule has 0 bridgehead atoms. The molecule has 29 heavy (non-hydrogen) atoms. The molecule has 0 aliphatic heterocycles. The third-order valence-corrected chi connectivity index (χ3v) is 4.55. The van der Waals surface area contributed by atoms with Crippen LogP contribution in [0.5, 0.6) is 5.88 Å². The lowest BCUT2D eigenvalue weighted by molar-refractivity contribution is -0.136. The average Bonchev–Trinajstić information content (AvgIpc) is 2.93. The number of rotatable bonds is 5. The van der Waals surface area contributed by atoms with Crippen molar-refractivity contribution in [1.82, 2.24) is 20.1 Å². The van der Waals surface area contributed by atoms with Gasteiger partial charge in [0.25, 0.3) is 5.91 Å². The van der Waals surface area contributed by atoms with Gasteiger partial charge in [0, 0.05) is 24.7 Å². The largest absolute Gasteiger partial charge is 0.464 e. The number of nitrogens with zero attached hydrogens (tertiary/aromatic N) is 3. The molecule has 0 saturated heterocycles. The quantitative estimate of drug-likeness (QED) is 0.668. The summed E-state index contributed by atoms with van der Waals surface area (Å²) in [5, 5.41) is 7.14. The molecule has 0 saturated carbocycles. The number of halogens is 4. The highest BCUT2D eigenvalue weighted by atomic mass is 35.5. The second kappa shape index (κ2) is 7.90. The average molecular weight is 427 g/mol. The van der Waals surface area contributed by atoms with Gasteiger partial charge in [0.05, 0.1) is 16.6 Å². The van der Waals surface area contributed by atoms with Crippen LogP contribution in [0.4, 0.5) is 13.2 Å². The second-order valence-corrected chi connectivity index (χ2v) is 6.95. The molecule has 2 heterocycles. The van der Waals surface area contributed by atoms with Crippen molar-refractivity contribution in [2.24, 2.45) is 7.05 Å². The van der Waals surface area contributed by atoms with Gasteiger partial charge < -0.3 is 10.1 Å². The Kier molecular flexibility index (Phi) is 5.70. The maximum atomic E-state index is 13.5. The van der Waals surface area contributed by atoms with Crippen LogP contribution in [0.1, 0.15) is 23.7 Å². The number of carbonyl (C=O) groups is 1. The van der Waals surface area contributed by atoms with Crippen molar-refractivity contribution >= 4 is 28.5 Å². The number of fused-ring (bicyclic) bond motifs is 1. The first-order valence-corrected chi connectivity index (χ1v) is 9.04. The molecule has 0 spiro atoms. The van der Waals surface area contributed by atoms with Crippen LogP contribution in [-0.2, 0) is 24.6 Å². The number of aryl methyl sites for hydroxylation is 2. The monoisotopic (exact) mass is 426 g/mol. The van der Waals surface area contributed by atoms with Crippen LogP contribution in [0.3, 0.4) is 0 Å². The Morgan fingerprint density at radius 3 is 2.59 bits per heavy atom. The third kappa shape index (κ3) is 4.61. The number of aromatic nitrogens is 3. The molecule has 1 unspecified atom stereocenters. The Morgan fingerprint density at radius 1 is 1.31 bits per heavy atom. The summed E-state index contributed by atoms with van der Waals surface area (Å²) in [4.78, 5) is 16.4. The van der Waals surface area contributed by atoms with Crippen molar-refractivity contribution in [2.45, 2.75) is 32.7 Å². The van der Waals surface area contributed by atoms with Crippen molar-refractivity contribution in [1.29, 1.82) is 0 Å². The number of nitrogens with one attached hydrogen (secondary N) is 1. The van der Waals surface area contributed by atoms with Crippen molar-refractivity contribution in [2.75, 3.05) is 0 Å². The lowest BCUT2D eigenvalue weighted by atomic mass is 10.1. The molecule has 3 rings (SSSR count). The van der Waals surface area contributed by atoms with E-state index in [4.69, 9.17) is 16.3 Å². The summed E-state index contributed by atoms with van der Waals surface area (Å²) in [7, 11) is 1.49. The molecule has 6 nitrogen and oxygen atoms in total. The zero-order chi connectivity index (χ0) is 21.3. The first-order chi connectivity index (χ1) is 13.6. The van der Waals surface area contributed by atoms with Gasteiger partial charge >= 0.3 is 6.18 Å². The Morgan fingerprint density at radius 2 is 1.97 bits per heavy atom. The fraction of sp³-hybridized carbons (Fsp3) is 0.316. The lowest BCUT2D eigenvalue weighted by Gasteiger charge is -2.16. The summed E-state index contributed by atoms with van der Waals surface area (Å²) in [6, 6.07) is 7.68. The van der Waals surface area contributed by atoms with E-state index in [9.17, 15) is 18.0 Å². The minimum atomic E-state index is -4.62. The standard InChI is InChI=1S/C19H18ClF3N4O2/c1-10-16-14(19(21,22)23)8-15(25-17(16)27(3)26-10)29-11(2)18(28)24-9-12-4-6-13(20)7-5-12/h4-8,11H,9H2,1-3H3,(H,24,28). The maximum Gasteiger partial charge on any atom is 0.417 e. The molecule has 1 atom stereocenters.